The SMILES string of the molecule is CCN(CC)C(=O)CNc1ccc(C(=O)NC2CCCCC2)cc1. The molecule has 0 atom stereocenters. The van der Waals surface area contributed by atoms with Crippen molar-refractivity contribution in [2.24, 2.45) is 0 Å². The molecule has 2 rings (SSSR count). The number of anilines is 1. The zero-order valence-corrected chi connectivity index (χ0v) is 14.8. The number of nitrogens with zero attached hydrogens (tertiary/aromatic N) is 1. The van der Waals surface area contributed by atoms with E-state index < -0.39 is 0 Å². The van der Waals surface area contributed by atoms with Gasteiger partial charge >= 0.3 is 0 Å². The van der Waals surface area contributed by atoms with E-state index in [1.807, 2.05) is 38.1 Å². The molecule has 0 bridgehead atoms. The minimum atomic E-state index is -0.00679. The number of likely N-dealkylation sites (N-methyl/N-ethyl adjacent to an activating group) is 1. The molecule has 24 heavy (non-hydrogen) atoms. The van der Waals surface area contributed by atoms with Gasteiger partial charge in [-0.15, -0.1) is 0 Å². The van der Waals surface area contributed by atoms with Crippen LogP contribution in [0.15, 0.2) is 24.3 Å². The molecule has 0 saturated heterocycles. The van der Waals surface area contributed by atoms with E-state index in [1.165, 1.54) is 19.3 Å². The van der Waals surface area contributed by atoms with Crippen molar-refractivity contribution in [3.63, 3.8) is 0 Å². The molecule has 0 radical (unpaired) electrons. The Labute approximate surface area is 144 Å². The van der Waals surface area contributed by atoms with E-state index in [0.717, 1.165) is 31.6 Å². The van der Waals surface area contributed by atoms with Gasteiger partial charge in [0.25, 0.3) is 5.91 Å². The molecule has 1 fully saturated rings. The Morgan fingerprint density at radius 1 is 1.04 bits per heavy atom. The van der Waals surface area contributed by atoms with E-state index in [1.54, 1.807) is 4.90 Å². The summed E-state index contributed by atoms with van der Waals surface area (Å²) >= 11 is 0. The summed E-state index contributed by atoms with van der Waals surface area (Å²) in [7, 11) is 0. The van der Waals surface area contributed by atoms with Gasteiger partial charge in [-0.1, -0.05) is 19.3 Å². The van der Waals surface area contributed by atoms with Crippen LogP contribution in [0.4, 0.5) is 5.69 Å². The van der Waals surface area contributed by atoms with Crippen molar-refractivity contribution in [1.82, 2.24) is 10.2 Å². The monoisotopic (exact) mass is 331 g/mol. The van der Waals surface area contributed by atoms with Crippen molar-refractivity contribution in [2.45, 2.75) is 52.0 Å². The van der Waals surface area contributed by atoms with Gasteiger partial charge in [0.1, 0.15) is 0 Å². The quantitative estimate of drug-likeness (QED) is 0.807. The maximum absolute atomic E-state index is 12.3. The average Bonchev–Trinajstić information content (AvgIpc) is 2.62. The Balaban J connectivity index is 1.83. The lowest BCUT2D eigenvalue weighted by Gasteiger charge is -2.22. The minimum Gasteiger partial charge on any atom is -0.376 e. The predicted molar refractivity (Wildman–Crippen MR) is 97.2 cm³/mol. The molecule has 0 heterocycles. The first-order valence-electron chi connectivity index (χ1n) is 9.06. The van der Waals surface area contributed by atoms with Crippen LogP contribution in [-0.2, 0) is 4.79 Å². The van der Waals surface area contributed by atoms with Crippen molar-refractivity contribution in [3.8, 4) is 0 Å². The zero-order chi connectivity index (χ0) is 17.4. The number of rotatable bonds is 7. The number of carbonyl (C=O) groups excluding carboxylic acids is 2. The second kappa shape index (κ2) is 9.30. The summed E-state index contributed by atoms with van der Waals surface area (Å²) in [5.74, 6) is 0.0757. The number of nitrogens with one attached hydrogen (secondary N) is 2. The molecule has 0 unspecified atom stereocenters. The number of amides is 2. The molecule has 1 aromatic rings. The van der Waals surface area contributed by atoms with Crippen molar-refractivity contribution < 1.29 is 9.59 Å². The van der Waals surface area contributed by atoms with Gasteiger partial charge in [-0.05, 0) is 51.0 Å². The molecule has 0 aromatic heterocycles. The van der Waals surface area contributed by atoms with Crippen molar-refractivity contribution in [1.29, 1.82) is 0 Å². The molecule has 5 heteroatoms. The largest absolute Gasteiger partial charge is 0.376 e. The van der Waals surface area contributed by atoms with E-state index in [9.17, 15) is 9.59 Å². The molecule has 1 saturated carbocycles. The van der Waals surface area contributed by atoms with Crippen LogP contribution in [-0.4, -0.2) is 42.4 Å². The second-order valence-electron chi connectivity index (χ2n) is 6.31. The van der Waals surface area contributed by atoms with Gasteiger partial charge in [0.15, 0.2) is 0 Å². The number of hydrogen-bond donors (Lipinski definition) is 2. The van der Waals surface area contributed by atoms with Crippen LogP contribution in [0, 0.1) is 0 Å². The molecule has 132 valence electrons. The number of carbonyl (C=O) groups is 2. The lowest BCUT2D eigenvalue weighted by Crippen LogP contribution is -2.36. The maximum atomic E-state index is 12.3. The van der Waals surface area contributed by atoms with Crippen LogP contribution >= 0.6 is 0 Å². The van der Waals surface area contributed by atoms with Gasteiger partial charge in [0, 0.05) is 30.4 Å². The molecule has 2 amide bonds. The normalized spacial score (nSPS) is 14.9. The predicted octanol–water partition coefficient (Wildman–Crippen LogP) is 3.03. The highest BCUT2D eigenvalue weighted by Gasteiger charge is 2.16. The Bertz CT molecular complexity index is 532. The second-order valence-corrected chi connectivity index (χ2v) is 6.31. The molecule has 0 aliphatic heterocycles. The van der Waals surface area contributed by atoms with Crippen LogP contribution in [0.5, 0.6) is 0 Å². The zero-order valence-electron chi connectivity index (χ0n) is 14.8. The van der Waals surface area contributed by atoms with E-state index in [4.69, 9.17) is 0 Å². The van der Waals surface area contributed by atoms with Gasteiger partial charge in [-0.25, -0.2) is 0 Å². The van der Waals surface area contributed by atoms with Gasteiger partial charge in [-0.3, -0.25) is 9.59 Å². The summed E-state index contributed by atoms with van der Waals surface area (Å²) in [4.78, 5) is 26.0. The average molecular weight is 331 g/mol. The summed E-state index contributed by atoms with van der Waals surface area (Å²) in [6.07, 6.45) is 5.85. The third-order valence-corrected chi connectivity index (χ3v) is 4.65. The summed E-state index contributed by atoms with van der Waals surface area (Å²) in [6, 6.07) is 7.64. The van der Waals surface area contributed by atoms with E-state index in [-0.39, 0.29) is 18.4 Å². The van der Waals surface area contributed by atoms with Crippen LogP contribution in [0.3, 0.4) is 0 Å². The summed E-state index contributed by atoms with van der Waals surface area (Å²) in [5, 5.41) is 6.23. The van der Waals surface area contributed by atoms with Gasteiger partial charge in [-0.2, -0.15) is 0 Å². The first kappa shape index (κ1) is 18.3. The fourth-order valence-electron chi connectivity index (χ4n) is 3.12. The van der Waals surface area contributed by atoms with Gasteiger partial charge in [0.05, 0.1) is 6.54 Å². The fraction of sp³-hybridized carbons (Fsp3) is 0.579. The van der Waals surface area contributed by atoms with Crippen molar-refractivity contribution >= 4 is 17.5 Å². The third kappa shape index (κ3) is 5.25. The van der Waals surface area contributed by atoms with Crippen LogP contribution in [0.2, 0.25) is 0 Å². The molecular weight excluding hydrogens is 302 g/mol. The minimum absolute atomic E-state index is 0.00679. The van der Waals surface area contributed by atoms with E-state index in [2.05, 4.69) is 10.6 Å². The smallest absolute Gasteiger partial charge is 0.251 e. The Hall–Kier alpha value is -2.04. The fourth-order valence-corrected chi connectivity index (χ4v) is 3.12. The molecule has 0 spiro atoms. The molecule has 5 nitrogen and oxygen atoms in total. The first-order chi connectivity index (χ1) is 11.6. The molecular formula is C19H29N3O2. The maximum Gasteiger partial charge on any atom is 0.251 e. The lowest BCUT2D eigenvalue weighted by atomic mass is 9.95. The first-order valence-corrected chi connectivity index (χ1v) is 9.06. The summed E-state index contributed by atoms with van der Waals surface area (Å²) < 4.78 is 0. The van der Waals surface area contributed by atoms with Crippen LogP contribution < -0.4 is 10.6 Å². The Morgan fingerprint density at radius 3 is 2.25 bits per heavy atom. The highest BCUT2D eigenvalue weighted by molar-refractivity contribution is 5.94. The highest BCUT2D eigenvalue weighted by Crippen LogP contribution is 2.18. The van der Waals surface area contributed by atoms with Gasteiger partial charge in [0.2, 0.25) is 5.91 Å². The summed E-state index contributed by atoms with van der Waals surface area (Å²) in [5.41, 5.74) is 1.52. The van der Waals surface area contributed by atoms with Crippen molar-refractivity contribution in [3.05, 3.63) is 29.8 Å². The Morgan fingerprint density at radius 2 is 1.67 bits per heavy atom. The molecule has 1 aliphatic rings. The van der Waals surface area contributed by atoms with Crippen molar-refractivity contribution in [2.75, 3.05) is 25.0 Å². The standard InChI is InChI=1S/C19H29N3O2/c1-3-22(4-2)18(23)14-20-16-12-10-15(11-13-16)19(24)21-17-8-6-5-7-9-17/h10-13,17,20H,3-9,14H2,1-2H3,(H,21,24). The van der Waals surface area contributed by atoms with E-state index in [0.29, 0.717) is 11.6 Å². The number of benzene rings is 1. The summed E-state index contributed by atoms with van der Waals surface area (Å²) in [6.45, 7) is 5.66. The third-order valence-electron chi connectivity index (χ3n) is 4.65. The van der Waals surface area contributed by atoms with Gasteiger partial charge < -0.3 is 15.5 Å². The topological polar surface area (TPSA) is 61.4 Å². The molecule has 1 aliphatic carbocycles. The van der Waals surface area contributed by atoms with Crippen LogP contribution in [0.25, 0.3) is 0 Å². The molecule has 2 N–H and O–H groups in total. The number of hydrogen-bond acceptors (Lipinski definition) is 3. The van der Waals surface area contributed by atoms with E-state index >= 15 is 0 Å². The van der Waals surface area contributed by atoms with Crippen LogP contribution in [0.1, 0.15) is 56.3 Å². The lowest BCUT2D eigenvalue weighted by molar-refractivity contribution is -0.128. The Kier molecular flexibility index (Phi) is 7.09. The molecule has 1 aromatic carbocycles. The highest BCUT2D eigenvalue weighted by atomic mass is 16.2.